The van der Waals surface area contributed by atoms with Crippen molar-refractivity contribution >= 4 is 17.7 Å². The highest BCUT2D eigenvalue weighted by atomic mass is 16.5. The van der Waals surface area contributed by atoms with Crippen LogP contribution in [-0.4, -0.2) is 71.3 Å². The average Bonchev–Trinajstić information content (AvgIpc) is 3.23. The summed E-state index contributed by atoms with van der Waals surface area (Å²) in [5, 5.41) is 15.2. The largest absolute Gasteiger partial charge is 0.379 e. The van der Waals surface area contributed by atoms with Gasteiger partial charge in [0.2, 0.25) is 5.82 Å². The maximum absolute atomic E-state index is 8.04. The molecular formula is C28H42N7O+. The zero-order valence-electron chi connectivity index (χ0n) is 22.3. The van der Waals surface area contributed by atoms with E-state index in [1.54, 1.807) is 0 Å². The molecule has 8 heteroatoms. The van der Waals surface area contributed by atoms with E-state index in [-0.39, 0.29) is 0 Å². The predicted octanol–water partition coefficient (Wildman–Crippen LogP) is 2.71. The van der Waals surface area contributed by atoms with Crippen LogP contribution in [-0.2, 0) is 24.2 Å². The van der Waals surface area contributed by atoms with Crippen molar-refractivity contribution in [2.75, 3.05) is 44.8 Å². The Bertz CT molecular complexity index is 1120. The van der Waals surface area contributed by atoms with Gasteiger partial charge in [-0.15, -0.1) is 0 Å². The highest BCUT2D eigenvalue weighted by Crippen LogP contribution is 2.55. The number of aromatic nitrogens is 3. The van der Waals surface area contributed by atoms with Gasteiger partial charge in [0.25, 0.3) is 0 Å². The van der Waals surface area contributed by atoms with Crippen molar-refractivity contribution < 1.29 is 10.1 Å². The minimum absolute atomic E-state index is 0.415. The van der Waals surface area contributed by atoms with Gasteiger partial charge in [-0.05, 0) is 63.9 Å². The normalized spacial score (nSPS) is 28.4. The van der Waals surface area contributed by atoms with Crippen LogP contribution in [0, 0.1) is 24.7 Å². The lowest BCUT2D eigenvalue weighted by atomic mass is 9.56. The maximum Gasteiger partial charge on any atom is 0.235 e. The van der Waals surface area contributed by atoms with Crippen molar-refractivity contribution in [2.45, 2.75) is 77.4 Å². The third-order valence-electron chi connectivity index (χ3n) is 9.82. The molecule has 194 valence electrons. The molecule has 3 N–H and O–H groups in total. The van der Waals surface area contributed by atoms with E-state index in [4.69, 9.17) is 15.2 Å². The summed E-state index contributed by atoms with van der Waals surface area (Å²) in [5.74, 6) is 0.903. The van der Waals surface area contributed by atoms with Crippen LogP contribution in [0.25, 0.3) is 0 Å². The predicted molar refractivity (Wildman–Crippen MR) is 141 cm³/mol. The van der Waals surface area contributed by atoms with Crippen molar-refractivity contribution in [2.24, 2.45) is 5.41 Å². The first-order valence-corrected chi connectivity index (χ1v) is 13.9. The molecule has 1 saturated heterocycles. The Morgan fingerprint density at radius 1 is 1.08 bits per heavy atom. The Hall–Kier alpha value is -2.29. The second kappa shape index (κ2) is 9.23. The Kier molecular flexibility index (Phi) is 6.17. The number of morpholine rings is 1. The van der Waals surface area contributed by atoms with E-state index in [1.807, 2.05) is 19.3 Å². The summed E-state index contributed by atoms with van der Waals surface area (Å²) >= 11 is 0. The first-order valence-electron chi connectivity index (χ1n) is 13.9. The molecular weight excluding hydrogens is 450 g/mol. The molecule has 2 bridgehead atoms. The summed E-state index contributed by atoms with van der Waals surface area (Å²) in [5.41, 5.74) is 7.91. The van der Waals surface area contributed by atoms with E-state index in [1.165, 1.54) is 61.7 Å². The quantitative estimate of drug-likeness (QED) is 0.606. The topological polar surface area (TPSA) is 86.9 Å². The molecule has 0 unspecified atom stereocenters. The van der Waals surface area contributed by atoms with Crippen LogP contribution in [0.1, 0.15) is 66.7 Å². The van der Waals surface area contributed by atoms with Gasteiger partial charge >= 0.3 is 0 Å². The summed E-state index contributed by atoms with van der Waals surface area (Å²) in [6.07, 6.45) is 10.5. The van der Waals surface area contributed by atoms with Crippen LogP contribution < -0.4 is 10.2 Å². The van der Waals surface area contributed by atoms with E-state index in [2.05, 4.69) is 32.5 Å². The summed E-state index contributed by atoms with van der Waals surface area (Å²) in [6.45, 7) is 11.2. The number of nitrogens with one attached hydrogen (secondary N) is 1. The lowest BCUT2D eigenvalue weighted by molar-refractivity contribution is -0.543. The molecule has 0 atom stereocenters. The molecule has 36 heavy (non-hydrogen) atoms. The van der Waals surface area contributed by atoms with Crippen LogP contribution in [0.2, 0.25) is 0 Å². The molecule has 0 spiro atoms. The third kappa shape index (κ3) is 3.98. The lowest BCUT2D eigenvalue weighted by Gasteiger charge is -2.58. The molecule has 3 aliphatic carbocycles. The minimum atomic E-state index is 0.415. The van der Waals surface area contributed by atoms with Crippen molar-refractivity contribution in [3.05, 3.63) is 34.3 Å². The number of nitrogens with zero attached hydrogens (tertiary/aromatic N) is 5. The van der Waals surface area contributed by atoms with Gasteiger partial charge < -0.3 is 15.0 Å². The van der Waals surface area contributed by atoms with E-state index >= 15 is 0 Å². The van der Waals surface area contributed by atoms with E-state index in [0.29, 0.717) is 11.0 Å². The molecule has 4 fully saturated rings. The standard InChI is InChI=1S/C28H41N7O/c1-20-16-25(22(17-29)26(30-3)31-20)33-11-4-24-23(18-33)21(2)32-35(24)19-27-5-8-28(9-6-27,10-7-27)34-12-14-36-15-13-34/h16-17,29H,4-15,18-19H2,1-3H3,(H,30,31)/p+1. The molecule has 8 nitrogen and oxygen atoms in total. The molecule has 2 aliphatic heterocycles. The number of rotatable bonds is 6. The summed E-state index contributed by atoms with van der Waals surface area (Å²) < 4.78 is 8.04. The molecule has 3 saturated carbocycles. The molecule has 0 amide bonds. The molecule has 0 aromatic carbocycles. The molecule has 7 rings (SSSR count). The van der Waals surface area contributed by atoms with Crippen molar-refractivity contribution in [3.8, 4) is 0 Å². The Morgan fingerprint density at radius 2 is 1.81 bits per heavy atom. The first-order chi connectivity index (χ1) is 17.5. The summed E-state index contributed by atoms with van der Waals surface area (Å²) in [4.78, 5) is 9.84. The fraction of sp³-hybridized carbons (Fsp3) is 0.679. The minimum Gasteiger partial charge on any atom is -0.379 e. The monoisotopic (exact) mass is 492 g/mol. The lowest BCUT2D eigenvalue weighted by Crippen LogP contribution is -2.74. The highest BCUT2D eigenvalue weighted by Gasteiger charge is 2.51. The fourth-order valence-corrected chi connectivity index (χ4v) is 7.63. The number of hydrogen-bond donors (Lipinski definition) is 2. The number of hydrogen-bond acceptors (Lipinski definition) is 6. The average molecular weight is 493 g/mol. The van der Waals surface area contributed by atoms with Crippen LogP contribution in [0.3, 0.4) is 0 Å². The molecule has 5 aliphatic rings. The number of pyridine rings is 1. The van der Waals surface area contributed by atoms with Crippen molar-refractivity contribution in [1.82, 2.24) is 19.7 Å². The Labute approximate surface area is 214 Å². The second-order valence-corrected chi connectivity index (χ2v) is 11.7. The SMILES string of the molecule is C[NH2+]c1nc(C)cc(N2CCc3c(c(C)nn3CC34CCC(N5CCOCC5)(CC3)CC4)C2)c1C=N. The number of aryl methyl sites for hydroxylation is 2. The van der Waals surface area contributed by atoms with Gasteiger partial charge in [0.15, 0.2) is 0 Å². The molecule has 2 aromatic rings. The number of anilines is 1. The molecule has 4 heterocycles. The van der Waals surface area contributed by atoms with Crippen LogP contribution >= 0.6 is 0 Å². The number of nitrogens with two attached hydrogens (primary N) is 1. The Morgan fingerprint density at radius 3 is 2.47 bits per heavy atom. The van der Waals surface area contributed by atoms with Gasteiger partial charge in [-0.2, -0.15) is 5.10 Å². The van der Waals surface area contributed by atoms with Gasteiger partial charge in [0, 0.05) is 67.8 Å². The van der Waals surface area contributed by atoms with E-state index in [0.717, 1.165) is 75.1 Å². The third-order valence-corrected chi connectivity index (χ3v) is 9.82. The Balaban J connectivity index is 1.20. The summed E-state index contributed by atoms with van der Waals surface area (Å²) in [7, 11) is 2.00. The second-order valence-electron chi connectivity index (χ2n) is 11.7. The van der Waals surface area contributed by atoms with Gasteiger partial charge in [0.1, 0.15) is 0 Å². The fourth-order valence-electron chi connectivity index (χ4n) is 7.63. The van der Waals surface area contributed by atoms with Crippen LogP contribution in [0.4, 0.5) is 11.5 Å². The van der Waals surface area contributed by atoms with Gasteiger partial charge in [-0.3, -0.25) is 14.9 Å². The number of ether oxygens (including phenoxy) is 1. The maximum atomic E-state index is 8.04. The van der Waals surface area contributed by atoms with Gasteiger partial charge in [-0.25, -0.2) is 4.98 Å². The number of fused-ring (bicyclic) bond motifs is 4. The van der Waals surface area contributed by atoms with E-state index in [9.17, 15) is 0 Å². The zero-order chi connectivity index (χ0) is 24.9. The smallest absolute Gasteiger partial charge is 0.235 e. The first kappa shape index (κ1) is 24.1. The molecule has 0 radical (unpaired) electrons. The van der Waals surface area contributed by atoms with Gasteiger partial charge in [-0.1, -0.05) is 0 Å². The summed E-state index contributed by atoms with van der Waals surface area (Å²) in [6, 6.07) is 2.14. The zero-order valence-corrected chi connectivity index (χ0v) is 22.3. The van der Waals surface area contributed by atoms with Gasteiger partial charge in [0.05, 0.1) is 37.2 Å². The van der Waals surface area contributed by atoms with Crippen LogP contribution in [0.15, 0.2) is 6.07 Å². The van der Waals surface area contributed by atoms with Crippen molar-refractivity contribution in [1.29, 1.82) is 5.41 Å². The highest BCUT2D eigenvalue weighted by molar-refractivity contribution is 5.90. The number of quaternary nitrogens is 1. The van der Waals surface area contributed by atoms with E-state index < -0.39 is 0 Å². The van der Waals surface area contributed by atoms with Crippen LogP contribution in [0.5, 0.6) is 0 Å². The molecule has 2 aromatic heterocycles. The van der Waals surface area contributed by atoms with Crippen molar-refractivity contribution in [3.63, 3.8) is 0 Å².